The van der Waals surface area contributed by atoms with Crippen LogP contribution in [-0.4, -0.2) is 32.5 Å². The minimum absolute atomic E-state index is 0.290. The average Bonchev–Trinajstić information content (AvgIpc) is 3.34. The molecule has 1 aromatic heterocycles. The first kappa shape index (κ1) is 19.6. The molecule has 1 aliphatic heterocycles. The molecule has 6 heteroatoms. The number of aromatic nitrogens is 1. The van der Waals surface area contributed by atoms with Crippen molar-refractivity contribution in [1.29, 1.82) is 0 Å². The van der Waals surface area contributed by atoms with Crippen LogP contribution in [0.5, 0.6) is 0 Å². The number of nitrogens with zero attached hydrogens (tertiary/aromatic N) is 2. The maximum Gasteiger partial charge on any atom is 0.326 e. The summed E-state index contributed by atoms with van der Waals surface area (Å²) in [4.78, 5) is 27.1. The van der Waals surface area contributed by atoms with Crippen molar-refractivity contribution in [3.05, 3.63) is 82.9 Å². The Bertz CT molecular complexity index is 1340. The molecule has 1 amide bonds. The topological polar surface area (TPSA) is 62.5 Å². The molecular formula is C25H21ClN2O3. The molecule has 0 radical (unpaired) electrons. The Morgan fingerprint density at radius 1 is 0.935 bits per heavy atom. The van der Waals surface area contributed by atoms with E-state index in [1.54, 1.807) is 12.1 Å². The smallest absolute Gasteiger partial charge is 0.326 e. The van der Waals surface area contributed by atoms with Gasteiger partial charge in [-0.05, 0) is 42.7 Å². The Kier molecular flexibility index (Phi) is 4.71. The summed E-state index contributed by atoms with van der Waals surface area (Å²) < 4.78 is 2.06. The van der Waals surface area contributed by atoms with Gasteiger partial charge in [-0.15, -0.1) is 0 Å². The van der Waals surface area contributed by atoms with Gasteiger partial charge >= 0.3 is 5.97 Å². The lowest BCUT2D eigenvalue weighted by atomic mass is 10.0. The van der Waals surface area contributed by atoms with E-state index in [1.165, 1.54) is 4.90 Å². The third-order valence-electron chi connectivity index (χ3n) is 6.33. The second-order valence-electron chi connectivity index (χ2n) is 7.99. The summed E-state index contributed by atoms with van der Waals surface area (Å²) in [7, 11) is 1.97. The standard InChI is InChI=1S/C25H21ClN2O3/c1-27-20-9-5-3-6-16(20)17-11-10-15(14-23(17)27)24(29)28-21(12-13-22(28)25(30)31)18-7-2-4-8-19(18)26/h2-11,14,21-22H,12-13H2,1H3,(H,30,31)/t21-,22+/m1/s1. The zero-order valence-electron chi connectivity index (χ0n) is 17.0. The number of hydrogen-bond acceptors (Lipinski definition) is 2. The van der Waals surface area contributed by atoms with Gasteiger partial charge in [-0.1, -0.05) is 54.1 Å². The minimum atomic E-state index is -0.992. The van der Waals surface area contributed by atoms with Crippen LogP contribution in [0.2, 0.25) is 5.02 Å². The van der Waals surface area contributed by atoms with Crippen LogP contribution in [0, 0.1) is 0 Å². The number of halogens is 1. The highest BCUT2D eigenvalue weighted by Gasteiger charge is 2.42. The van der Waals surface area contributed by atoms with E-state index in [2.05, 4.69) is 10.6 Å². The SMILES string of the molecule is Cn1c2ccccc2c2ccc(C(=O)N3[C@@H](c4ccccc4Cl)CC[C@H]3C(=O)O)cc21. The van der Waals surface area contributed by atoms with Crippen LogP contribution in [0.15, 0.2) is 66.7 Å². The van der Waals surface area contributed by atoms with Crippen molar-refractivity contribution < 1.29 is 14.7 Å². The first-order valence-electron chi connectivity index (χ1n) is 10.2. The number of hydrogen-bond donors (Lipinski definition) is 1. The molecule has 3 aromatic carbocycles. The largest absolute Gasteiger partial charge is 0.480 e. The minimum Gasteiger partial charge on any atom is -0.480 e. The number of likely N-dealkylation sites (tertiary alicyclic amines) is 1. The molecule has 1 saturated heterocycles. The molecule has 1 aliphatic rings. The highest BCUT2D eigenvalue weighted by molar-refractivity contribution is 6.31. The van der Waals surface area contributed by atoms with Crippen molar-refractivity contribution in [2.24, 2.45) is 7.05 Å². The van der Waals surface area contributed by atoms with E-state index in [9.17, 15) is 14.7 Å². The highest BCUT2D eigenvalue weighted by atomic mass is 35.5. The van der Waals surface area contributed by atoms with Crippen LogP contribution in [0.3, 0.4) is 0 Å². The maximum atomic E-state index is 13.6. The van der Waals surface area contributed by atoms with Gasteiger partial charge in [0.25, 0.3) is 5.91 Å². The van der Waals surface area contributed by atoms with Crippen LogP contribution >= 0.6 is 11.6 Å². The molecule has 0 unspecified atom stereocenters. The third-order valence-corrected chi connectivity index (χ3v) is 6.67. The van der Waals surface area contributed by atoms with Gasteiger partial charge in [0.15, 0.2) is 0 Å². The quantitative estimate of drug-likeness (QED) is 0.470. The fraction of sp³-hybridized carbons (Fsp3) is 0.200. The molecule has 0 aliphatic carbocycles. The monoisotopic (exact) mass is 432 g/mol. The number of aliphatic carboxylic acids is 1. The van der Waals surface area contributed by atoms with Gasteiger partial charge in [-0.3, -0.25) is 4.79 Å². The number of aryl methyl sites for hydroxylation is 1. The van der Waals surface area contributed by atoms with Gasteiger partial charge < -0.3 is 14.6 Å². The van der Waals surface area contributed by atoms with Gasteiger partial charge in [0, 0.05) is 39.4 Å². The molecule has 31 heavy (non-hydrogen) atoms. The number of carboxylic acid groups (broad SMARTS) is 1. The maximum absolute atomic E-state index is 13.6. The van der Waals surface area contributed by atoms with Crippen molar-refractivity contribution in [2.75, 3.05) is 0 Å². The number of carbonyl (C=O) groups excluding carboxylic acids is 1. The molecule has 2 heterocycles. The molecular weight excluding hydrogens is 412 g/mol. The molecule has 5 rings (SSSR count). The lowest BCUT2D eigenvalue weighted by Gasteiger charge is -2.29. The fourth-order valence-electron chi connectivity index (χ4n) is 4.83. The van der Waals surface area contributed by atoms with Crippen molar-refractivity contribution in [3.8, 4) is 0 Å². The van der Waals surface area contributed by atoms with E-state index in [1.807, 2.05) is 55.6 Å². The molecule has 4 aromatic rings. The third kappa shape index (κ3) is 3.08. The van der Waals surface area contributed by atoms with E-state index >= 15 is 0 Å². The van der Waals surface area contributed by atoms with E-state index in [0.717, 1.165) is 27.4 Å². The molecule has 1 N–H and O–H groups in total. The molecule has 5 nitrogen and oxygen atoms in total. The average molecular weight is 433 g/mol. The van der Waals surface area contributed by atoms with Crippen LogP contribution in [-0.2, 0) is 11.8 Å². The summed E-state index contributed by atoms with van der Waals surface area (Å²) in [6, 6.07) is 19.8. The number of para-hydroxylation sites is 1. The Hall–Kier alpha value is -3.31. The molecule has 0 bridgehead atoms. The van der Waals surface area contributed by atoms with Crippen molar-refractivity contribution in [1.82, 2.24) is 9.47 Å². The van der Waals surface area contributed by atoms with E-state index in [-0.39, 0.29) is 11.9 Å². The summed E-state index contributed by atoms with van der Waals surface area (Å²) in [6.45, 7) is 0. The number of rotatable bonds is 3. The predicted octanol–water partition coefficient (Wildman–Crippen LogP) is 5.42. The Balaban J connectivity index is 1.61. The van der Waals surface area contributed by atoms with Crippen LogP contribution in [0.4, 0.5) is 0 Å². The summed E-state index contributed by atoms with van der Waals surface area (Å²) >= 11 is 6.40. The predicted molar refractivity (Wildman–Crippen MR) is 121 cm³/mol. The zero-order valence-corrected chi connectivity index (χ0v) is 17.7. The summed E-state index contributed by atoms with van der Waals surface area (Å²) in [6.07, 6.45) is 0.954. The fourth-order valence-corrected chi connectivity index (χ4v) is 5.09. The first-order chi connectivity index (χ1) is 15.0. The van der Waals surface area contributed by atoms with Crippen molar-refractivity contribution in [3.63, 3.8) is 0 Å². The lowest BCUT2D eigenvalue weighted by molar-refractivity contribution is -0.141. The van der Waals surface area contributed by atoms with Crippen LogP contribution in [0.25, 0.3) is 21.8 Å². The number of fused-ring (bicyclic) bond motifs is 3. The van der Waals surface area contributed by atoms with Crippen LogP contribution in [0.1, 0.15) is 34.8 Å². The Morgan fingerprint density at radius 3 is 2.42 bits per heavy atom. The molecule has 0 spiro atoms. The first-order valence-corrected chi connectivity index (χ1v) is 10.6. The number of carboxylic acids is 1. The lowest BCUT2D eigenvalue weighted by Crippen LogP contribution is -2.41. The highest BCUT2D eigenvalue weighted by Crippen LogP contribution is 2.40. The Morgan fingerprint density at radius 2 is 1.65 bits per heavy atom. The van der Waals surface area contributed by atoms with E-state index in [0.29, 0.717) is 23.4 Å². The summed E-state index contributed by atoms with van der Waals surface area (Å²) in [5, 5.41) is 12.5. The zero-order chi connectivity index (χ0) is 21.7. The second kappa shape index (κ2) is 7.43. The van der Waals surface area contributed by atoms with Gasteiger partial charge in [0.2, 0.25) is 0 Å². The van der Waals surface area contributed by atoms with E-state index < -0.39 is 12.0 Å². The van der Waals surface area contributed by atoms with Gasteiger partial charge in [-0.25, -0.2) is 4.79 Å². The van der Waals surface area contributed by atoms with Crippen molar-refractivity contribution in [2.45, 2.75) is 24.9 Å². The second-order valence-corrected chi connectivity index (χ2v) is 8.40. The number of benzene rings is 3. The molecule has 156 valence electrons. The van der Waals surface area contributed by atoms with Crippen molar-refractivity contribution >= 4 is 45.3 Å². The normalized spacial score (nSPS) is 18.7. The summed E-state index contributed by atoms with van der Waals surface area (Å²) in [5.74, 6) is -1.28. The van der Waals surface area contributed by atoms with Gasteiger partial charge in [0.05, 0.1) is 6.04 Å². The number of carbonyl (C=O) groups is 2. The molecule has 0 saturated carbocycles. The summed E-state index contributed by atoms with van der Waals surface area (Å²) in [5.41, 5.74) is 3.28. The Labute approximate surface area is 184 Å². The van der Waals surface area contributed by atoms with Gasteiger partial charge in [0.1, 0.15) is 6.04 Å². The molecule has 1 fully saturated rings. The van der Waals surface area contributed by atoms with Crippen LogP contribution < -0.4 is 0 Å². The van der Waals surface area contributed by atoms with E-state index in [4.69, 9.17) is 11.6 Å². The number of amides is 1. The molecule has 2 atom stereocenters. The van der Waals surface area contributed by atoms with Gasteiger partial charge in [-0.2, -0.15) is 0 Å².